The predicted octanol–water partition coefficient (Wildman–Crippen LogP) is 3.58. The fourth-order valence-corrected chi connectivity index (χ4v) is 1.90. The maximum absolute atomic E-state index is 13.0. The first-order valence-electron chi connectivity index (χ1n) is 6.49. The zero-order chi connectivity index (χ0) is 14.4. The molecule has 2 N–H and O–H groups in total. The summed E-state index contributed by atoms with van der Waals surface area (Å²) < 4.78 is 13.0. The molecule has 1 unspecified atom stereocenters. The lowest BCUT2D eigenvalue weighted by atomic mass is 10.1. The highest BCUT2D eigenvalue weighted by atomic mass is 35.5. The van der Waals surface area contributed by atoms with Crippen molar-refractivity contribution >= 4 is 23.2 Å². The zero-order valence-electron chi connectivity index (χ0n) is 11.5. The molecular weight excluding hydrogens is 267 g/mol. The SMILES string of the molecule is CCC(CC)NC(=O)C(C)Nc1ccc(F)c(Cl)c1. The molecule has 1 atom stereocenters. The molecule has 5 heteroatoms. The summed E-state index contributed by atoms with van der Waals surface area (Å²) in [4.78, 5) is 11.9. The number of hydrogen-bond donors (Lipinski definition) is 2. The van der Waals surface area contributed by atoms with Gasteiger partial charge in [-0.1, -0.05) is 25.4 Å². The van der Waals surface area contributed by atoms with E-state index in [1.54, 1.807) is 13.0 Å². The van der Waals surface area contributed by atoms with E-state index in [9.17, 15) is 9.18 Å². The Labute approximate surface area is 118 Å². The summed E-state index contributed by atoms with van der Waals surface area (Å²) in [6.07, 6.45) is 1.80. The lowest BCUT2D eigenvalue weighted by Gasteiger charge is -2.20. The minimum atomic E-state index is -0.471. The highest BCUT2D eigenvalue weighted by Crippen LogP contribution is 2.19. The summed E-state index contributed by atoms with van der Waals surface area (Å²) >= 11 is 5.69. The molecule has 1 amide bonds. The Morgan fingerprint density at radius 3 is 2.53 bits per heavy atom. The summed E-state index contributed by atoms with van der Waals surface area (Å²) in [6.45, 7) is 5.83. The van der Waals surface area contributed by atoms with Crippen molar-refractivity contribution in [1.82, 2.24) is 5.32 Å². The van der Waals surface area contributed by atoms with Crippen LogP contribution in [-0.2, 0) is 4.79 Å². The lowest BCUT2D eigenvalue weighted by molar-refractivity contribution is -0.122. The molecule has 0 spiro atoms. The molecule has 0 heterocycles. The van der Waals surface area contributed by atoms with Crippen molar-refractivity contribution < 1.29 is 9.18 Å². The van der Waals surface area contributed by atoms with Crippen LogP contribution in [0, 0.1) is 5.82 Å². The van der Waals surface area contributed by atoms with E-state index in [1.165, 1.54) is 12.1 Å². The van der Waals surface area contributed by atoms with Gasteiger partial charge in [0.25, 0.3) is 0 Å². The van der Waals surface area contributed by atoms with E-state index >= 15 is 0 Å². The van der Waals surface area contributed by atoms with Gasteiger partial charge in [-0.3, -0.25) is 4.79 Å². The first-order chi connectivity index (χ1) is 8.97. The smallest absolute Gasteiger partial charge is 0.242 e. The van der Waals surface area contributed by atoms with Gasteiger partial charge in [0, 0.05) is 11.7 Å². The molecule has 106 valence electrons. The fourth-order valence-electron chi connectivity index (χ4n) is 1.72. The number of hydrogen-bond acceptors (Lipinski definition) is 2. The average molecular weight is 287 g/mol. The van der Waals surface area contributed by atoms with Crippen LogP contribution in [0.3, 0.4) is 0 Å². The third-order valence-corrected chi connectivity index (χ3v) is 3.32. The summed E-state index contributed by atoms with van der Waals surface area (Å²) in [5, 5.41) is 5.99. The first kappa shape index (κ1) is 15.8. The monoisotopic (exact) mass is 286 g/mol. The standard InChI is InChI=1S/C14H20ClFN2O/c1-4-10(5-2)18-14(19)9(3)17-11-6-7-13(16)12(15)8-11/h6-10,17H,4-5H2,1-3H3,(H,18,19). The van der Waals surface area contributed by atoms with Gasteiger partial charge in [-0.2, -0.15) is 0 Å². The summed E-state index contributed by atoms with van der Waals surface area (Å²) in [6, 6.07) is 4.09. The quantitative estimate of drug-likeness (QED) is 0.839. The van der Waals surface area contributed by atoms with Gasteiger partial charge in [-0.15, -0.1) is 0 Å². The molecule has 1 rings (SSSR count). The molecule has 0 fully saturated rings. The topological polar surface area (TPSA) is 41.1 Å². The minimum absolute atomic E-state index is 0.0394. The van der Waals surface area contributed by atoms with Gasteiger partial charge in [-0.25, -0.2) is 4.39 Å². The predicted molar refractivity (Wildman–Crippen MR) is 77.0 cm³/mol. The van der Waals surface area contributed by atoms with Crippen molar-refractivity contribution in [2.75, 3.05) is 5.32 Å². The fraction of sp³-hybridized carbons (Fsp3) is 0.500. The number of rotatable bonds is 6. The molecule has 0 bridgehead atoms. The normalized spacial score (nSPS) is 12.3. The van der Waals surface area contributed by atoms with Gasteiger partial charge in [-0.05, 0) is 38.0 Å². The molecule has 0 aliphatic heterocycles. The van der Waals surface area contributed by atoms with Crippen molar-refractivity contribution in [1.29, 1.82) is 0 Å². The van der Waals surface area contributed by atoms with Crippen LogP contribution < -0.4 is 10.6 Å². The number of nitrogens with one attached hydrogen (secondary N) is 2. The molecule has 1 aromatic carbocycles. The van der Waals surface area contributed by atoms with Gasteiger partial charge in [0.15, 0.2) is 0 Å². The minimum Gasteiger partial charge on any atom is -0.374 e. The number of amides is 1. The Morgan fingerprint density at radius 2 is 2.00 bits per heavy atom. The van der Waals surface area contributed by atoms with Crippen molar-refractivity contribution in [2.24, 2.45) is 0 Å². The molecule has 0 aliphatic carbocycles. The van der Waals surface area contributed by atoms with Gasteiger partial charge in [0.1, 0.15) is 11.9 Å². The van der Waals surface area contributed by atoms with Crippen LogP contribution in [0.4, 0.5) is 10.1 Å². The third kappa shape index (κ3) is 4.71. The molecule has 0 aromatic heterocycles. The number of halogens is 2. The third-order valence-electron chi connectivity index (χ3n) is 3.03. The highest BCUT2D eigenvalue weighted by molar-refractivity contribution is 6.31. The van der Waals surface area contributed by atoms with Gasteiger partial charge < -0.3 is 10.6 Å². The van der Waals surface area contributed by atoms with E-state index in [0.29, 0.717) is 5.69 Å². The Bertz CT molecular complexity index is 435. The molecule has 0 saturated carbocycles. The molecule has 19 heavy (non-hydrogen) atoms. The molecule has 0 saturated heterocycles. The molecule has 0 aliphatic rings. The average Bonchev–Trinajstić information content (AvgIpc) is 2.39. The van der Waals surface area contributed by atoms with Crippen LogP contribution in [0.25, 0.3) is 0 Å². The molecule has 0 radical (unpaired) electrons. The van der Waals surface area contributed by atoms with Gasteiger partial charge >= 0.3 is 0 Å². The highest BCUT2D eigenvalue weighted by Gasteiger charge is 2.15. The van der Waals surface area contributed by atoms with Crippen molar-refractivity contribution in [3.63, 3.8) is 0 Å². The second-order valence-electron chi connectivity index (χ2n) is 4.52. The Hall–Kier alpha value is -1.29. The Kier molecular flexibility index (Phi) is 6.09. The van der Waals surface area contributed by atoms with E-state index in [2.05, 4.69) is 10.6 Å². The van der Waals surface area contributed by atoms with Crippen molar-refractivity contribution in [2.45, 2.75) is 45.7 Å². The molecular formula is C14H20ClFN2O. The number of benzene rings is 1. The largest absolute Gasteiger partial charge is 0.374 e. The maximum atomic E-state index is 13.0. The Balaban J connectivity index is 2.60. The number of carbonyl (C=O) groups excluding carboxylic acids is 1. The molecule has 3 nitrogen and oxygen atoms in total. The second kappa shape index (κ2) is 7.34. The maximum Gasteiger partial charge on any atom is 0.242 e. The van der Waals surface area contributed by atoms with Crippen molar-refractivity contribution in [3.05, 3.63) is 29.0 Å². The van der Waals surface area contributed by atoms with Crippen LogP contribution in [0.5, 0.6) is 0 Å². The van der Waals surface area contributed by atoms with Crippen LogP contribution >= 0.6 is 11.6 Å². The van der Waals surface area contributed by atoms with Crippen LogP contribution in [0.1, 0.15) is 33.6 Å². The van der Waals surface area contributed by atoms with Crippen LogP contribution in [-0.4, -0.2) is 18.0 Å². The van der Waals surface area contributed by atoms with E-state index < -0.39 is 11.9 Å². The summed E-state index contributed by atoms with van der Waals surface area (Å²) in [7, 11) is 0. The summed E-state index contributed by atoms with van der Waals surface area (Å²) in [5.41, 5.74) is 0.624. The van der Waals surface area contributed by atoms with E-state index in [1.807, 2.05) is 13.8 Å². The first-order valence-corrected chi connectivity index (χ1v) is 6.87. The van der Waals surface area contributed by atoms with Gasteiger partial charge in [0.05, 0.1) is 5.02 Å². The number of anilines is 1. The number of carbonyl (C=O) groups is 1. The van der Waals surface area contributed by atoms with Crippen LogP contribution in [0.2, 0.25) is 5.02 Å². The van der Waals surface area contributed by atoms with E-state index in [4.69, 9.17) is 11.6 Å². The van der Waals surface area contributed by atoms with Crippen molar-refractivity contribution in [3.8, 4) is 0 Å². The van der Waals surface area contributed by atoms with Crippen LogP contribution in [0.15, 0.2) is 18.2 Å². The second-order valence-corrected chi connectivity index (χ2v) is 4.92. The zero-order valence-corrected chi connectivity index (χ0v) is 12.2. The summed E-state index contributed by atoms with van der Waals surface area (Å²) in [5.74, 6) is -0.546. The van der Waals surface area contributed by atoms with Gasteiger partial charge in [0.2, 0.25) is 5.91 Å². The molecule has 1 aromatic rings. The Morgan fingerprint density at radius 1 is 1.37 bits per heavy atom. The van der Waals surface area contributed by atoms with E-state index in [-0.39, 0.29) is 17.0 Å². The van der Waals surface area contributed by atoms with E-state index in [0.717, 1.165) is 12.8 Å². The lowest BCUT2D eigenvalue weighted by Crippen LogP contribution is -2.42.